The van der Waals surface area contributed by atoms with E-state index in [1.165, 1.54) is 30.4 Å². The van der Waals surface area contributed by atoms with E-state index in [1.807, 2.05) is 6.07 Å². The molecule has 0 amide bonds. The summed E-state index contributed by atoms with van der Waals surface area (Å²) in [4.78, 5) is 0. The maximum absolute atomic E-state index is 5.53. The second-order valence-corrected chi connectivity index (χ2v) is 3.65. The molecule has 0 heterocycles. The molecule has 0 radical (unpaired) electrons. The summed E-state index contributed by atoms with van der Waals surface area (Å²) in [6.45, 7) is 0.344. The molecule has 2 nitrogen and oxygen atoms in total. The molecule has 0 spiro atoms. The minimum absolute atomic E-state index is 0.344. The van der Waals surface area contributed by atoms with Crippen molar-refractivity contribution in [3.05, 3.63) is 29.3 Å². The van der Waals surface area contributed by atoms with Crippen molar-refractivity contribution in [1.29, 1.82) is 0 Å². The van der Waals surface area contributed by atoms with Crippen molar-refractivity contribution in [3.63, 3.8) is 0 Å². The van der Waals surface area contributed by atoms with Gasteiger partial charge < -0.3 is 9.47 Å². The van der Waals surface area contributed by atoms with Crippen LogP contribution in [0.25, 0.3) is 0 Å². The summed E-state index contributed by atoms with van der Waals surface area (Å²) in [5.74, 6) is 1.00. The zero-order chi connectivity index (χ0) is 9.80. The van der Waals surface area contributed by atoms with Gasteiger partial charge in [-0.3, -0.25) is 0 Å². The van der Waals surface area contributed by atoms with Crippen LogP contribution in [0.1, 0.15) is 24.0 Å². The molecule has 0 unspecified atom stereocenters. The standard InChI is InChI=1S/C12H16O2/c1-13-9-14-12-8-4-6-10-5-2-3-7-11(10)12/h4,6,8H,2-3,5,7,9H2,1H3. The molecule has 0 aliphatic heterocycles. The highest BCUT2D eigenvalue weighted by Gasteiger charge is 2.13. The Bertz CT molecular complexity index is 307. The predicted molar refractivity (Wildman–Crippen MR) is 55.6 cm³/mol. The summed E-state index contributed by atoms with van der Waals surface area (Å²) >= 11 is 0. The molecule has 2 rings (SSSR count). The largest absolute Gasteiger partial charge is 0.467 e. The van der Waals surface area contributed by atoms with Crippen LogP contribution in [0.5, 0.6) is 5.75 Å². The van der Waals surface area contributed by atoms with Crippen molar-refractivity contribution in [2.24, 2.45) is 0 Å². The molecule has 0 aromatic heterocycles. The Balaban J connectivity index is 2.21. The van der Waals surface area contributed by atoms with Crippen LogP contribution < -0.4 is 4.74 Å². The fourth-order valence-electron chi connectivity index (χ4n) is 2.00. The zero-order valence-electron chi connectivity index (χ0n) is 8.58. The van der Waals surface area contributed by atoms with Crippen LogP contribution in [0.3, 0.4) is 0 Å². The average molecular weight is 192 g/mol. The van der Waals surface area contributed by atoms with Gasteiger partial charge in [-0.05, 0) is 42.9 Å². The van der Waals surface area contributed by atoms with Gasteiger partial charge in [-0.25, -0.2) is 0 Å². The summed E-state index contributed by atoms with van der Waals surface area (Å²) in [6.07, 6.45) is 4.93. The molecule has 76 valence electrons. The molecule has 1 aromatic rings. The van der Waals surface area contributed by atoms with E-state index in [-0.39, 0.29) is 0 Å². The van der Waals surface area contributed by atoms with E-state index in [1.54, 1.807) is 7.11 Å². The number of ether oxygens (including phenoxy) is 2. The molecule has 0 atom stereocenters. The van der Waals surface area contributed by atoms with Crippen molar-refractivity contribution in [3.8, 4) is 5.75 Å². The lowest BCUT2D eigenvalue weighted by Gasteiger charge is -2.18. The second-order valence-electron chi connectivity index (χ2n) is 3.65. The molecule has 1 aliphatic rings. The van der Waals surface area contributed by atoms with Crippen molar-refractivity contribution in [1.82, 2.24) is 0 Å². The van der Waals surface area contributed by atoms with Crippen LogP contribution in [0.4, 0.5) is 0 Å². The summed E-state index contributed by atoms with van der Waals surface area (Å²) < 4.78 is 10.4. The second kappa shape index (κ2) is 4.47. The van der Waals surface area contributed by atoms with Crippen molar-refractivity contribution in [2.45, 2.75) is 25.7 Å². The lowest BCUT2D eigenvalue weighted by Crippen LogP contribution is -2.07. The first-order valence-corrected chi connectivity index (χ1v) is 5.14. The van der Waals surface area contributed by atoms with Gasteiger partial charge in [0, 0.05) is 7.11 Å². The van der Waals surface area contributed by atoms with Crippen molar-refractivity contribution >= 4 is 0 Å². The van der Waals surface area contributed by atoms with Gasteiger partial charge in [-0.15, -0.1) is 0 Å². The third-order valence-electron chi connectivity index (χ3n) is 2.69. The first-order valence-electron chi connectivity index (χ1n) is 5.14. The Morgan fingerprint density at radius 1 is 1.21 bits per heavy atom. The van der Waals surface area contributed by atoms with E-state index < -0.39 is 0 Å². The van der Waals surface area contributed by atoms with Gasteiger partial charge in [0.1, 0.15) is 5.75 Å². The molecular formula is C12H16O2. The smallest absolute Gasteiger partial charge is 0.188 e. The minimum atomic E-state index is 0.344. The van der Waals surface area contributed by atoms with E-state index >= 15 is 0 Å². The highest BCUT2D eigenvalue weighted by molar-refractivity contribution is 5.41. The van der Waals surface area contributed by atoms with Gasteiger partial charge in [-0.2, -0.15) is 0 Å². The van der Waals surface area contributed by atoms with Crippen molar-refractivity contribution < 1.29 is 9.47 Å². The first-order chi connectivity index (χ1) is 6.92. The molecule has 0 saturated carbocycles. The normalized spacial score (nSPS) is 14.9. The molecule has 0 saturated heterocycles. The van der Waals surface area contributed by atoms with Crippen LogP contribution in [-0.4, -0.2) is 13.9 Å². The lowest BCUT2D eigenvalue weighted by molar-refractivity contribution is 0.0502. The van der Waals surface area contributed by atoms with E-state index in [9.17, 15) is 0 Å². The van der Waals surface area contributed by atoms with Gasteiger partial charge in [0.05, 0.1) is 0 Å². The maximum Gasteiger partial charge on any atom is 0.188 e. The van der Waals surface area contributed by atoms with Gasteiger partial charge in [0.25, 0.3) is 0 Å². The predicted octanol–water partition coefficient (Wildman–Crippen LogP) is 2.55. The summed E-state index contributed by atoms with van der Waals surface area (Å²) in [6, 6.07) is 6.30. The Morgan fingerprint density at radius 2 is 2.07 bits per heavy atom. The Labute approximate surface area is 84.8 Å². The summed E-state index contributed by atoms with van der Waals surface area (Å²) in [5.41, 5.74) is 2.83. The Morgan fingerprint density at radius 3 is 2.93 bits per heavy atom. The highest BCUT2D eigenvalue weighted by atomic mass is 16.7. The number of fused-ring (bicyclic) bond motifs is 1. The number of aryl methyl sites for hydroxylation is 1. The molecule has 1 aliphatic carbocycles. The van der Waals surface area contributed by atoms with E-state index in [2.05, 4.69) is 12.1 Å². The molecule has 14 heavy (non-hydrogen) atoms. The maximum atomic E-state index is 5.53. The number of methoxy groups -OCH3 is 1. The Hall–Kier alpha value is -1.02. The molecular weight excluding hydrogens is 176 g/mol. The molecule has 1 aromatic carbocycles. The van der Waals surface area contributed by atoms with E-state index in [0.717, 1.165) is 12.2 Å². The quantitative estimate of drug-likeness (QED) is 0.685. The van der Waals surface area contributed by atoms with Gasteiger partial charge >= 0.3 is 0 Å². The summed E-state index contributed by atoms with van der Waals surface area (Å²) in [7, 11) is 1.65. The van der Waals surface area contributed by atoms with Crippen LogP contribution in [0, 0.1) is 0 Å². The minimum Gasteiger partial charge on any atom is -0.467 e. The van der Waals surface area contributed by atoms with E-state index in [0.29, 0.717) is 6.79 Å². The summed E-state index contributed by atoms with van der Waals surface area (Å²) in [5, 5.41) is 0. The zero-order valence-corrected chi connectivity index (χ0v) is 8.58. The van der Waals surface area contributed by atoms with Gasteiger partial charge in [0.15, 0.2) is 6.79 Å². The van der Waals surface area contributed by atoms with Gasteiger partial charge in [-0.1, -0.05) is 12.1 Å². The monoisotopic (exact) mass is 192 g/mol. The Kier molecular flexibility index (Phi) is 3.04. The SMILES string of the molecule is COCOc1cccc2c1CCCC2. The number of hydrogen-bond acceptors (Lipinski definition) is 2. The van der Waals surface area contributed by atoms with Crippen LogP contribution in [0.2, 0.25) is 0 Å². The average Bonchev–Trinajstić information content (AvgIpc) is 2.26. The molecule has 0 fully saturated rings. The van der Waals surface area contributed by atoms with Crippen LogP contribution in [0.15, 0.2) is 18.2 Å². The number of rotatable bonds is 3. The first kappa shape index (κ1) is 9.53. The fraction of sp³-hybridized carbons (Fsp3) is 0.500. The highest BCUT2D eigenvalue weighted by Crippen LogP contribution is 2.29. The van der Waals surface area contributed by atoms with Crippen LogP contribution >= 0.6 is 0 Å². The third-order valence-corrected chi connectivity index (χ3v) is 2.69. The number of hydrogen-bond donors (Lipinski definition) is 0. The van der Waals surface area contributed by atoms with Crippen LogP contribution in [-0.2, 0) is 17.6 Å². The fourth-order valence-corrected chi connectivity index (χ4v) is 2.00. The molecule has 0 bridgehead atoms. The number of benzene rings is 1. The molecule has 2 heteroatoms. The lowest BCUT2D eigenvalue weighted by atomic mass is 9.91. The topological polar surface area (TPSA) is 18.5 Å². The van der Waals surface area contributed by atoms with Gasteiger partial charge in [0.2, 0.25) is 0 Å². The third kappa shape index (κ3) is 1.90. The van der Waals surface area contributed by atoms with Crippen molar-refractivity contribution in [2.75, 3.05) is 13.9 Å². The molecule has 0 N–H and O–H groups in total. The van der Waals surface area contributed by atoms with E-state index in [4.69, 9.17) is 9.47 Å².